The second-order valence-corrected chi connectivity index (χ2v) is 7.16. The van der Waals surface area contributed by atoms with Gasteiger partial charge in [0.05, 0.1) is 31.5 Å². The van der Waals surface area contributed by atoms with Gasteiger partial charge in [-0.25, -0.2) is 9.78 Å². The number of hydrogen-bond acceptors (Lipinski definition) is 8. The first-order valence-corrected chi connectivity index (χ1v) is 9.62. The molecule has 0 aliphatic carbocycles. The summed E-state index contributed by atoms with van der Waals surface area (Å²) < 4.78 is 19.1. The van der Waals surface area contributed by atoms with Gasteiger partial charge < -0.3 is 14.2 Å². The molecule has 0 aliphatic heterocycles. The zero-order chi connectivity index (χ0) is 20.1. The molecular formula is C18H17N3O5S2. The van der Waals surface area contributed by atoms with Crippen molar-refractivity contribution in [3.8, 4) is 17.2 Å². The van der Waals surface area contributed by atoms with Gasteiger partial charge in [-0.05, 0) is 24.3 Å². The zero-order valence-electron chi connectivity index (χ0n) is 15.3. The van der Waals surface area contributed by atoms with Gasteiger partial charge in [-0.15, -0.1) is 0 Å². The zero-order valence-corrected chi connectivity index (χ0v) is 16.9. The Labute approximate surface area is 169 Å². The monoisotopic (exact) mass is 419 g/mol. The van der Waals surface area contributed by atoms with E-state index in [2.05, 4.69) is 15.0 Å². The molecule has 0 bridgehead atoms. The Morgan fingerprint density at radius 3 is 2.32 bits per heavy atom. The van der Waals surface area contributed by atoms with Gasteiger partial charge in [0, 0.05) is 17.5 Å². The number of urea groups is 1. The molecule has 2 aromatic carbocycles. The number of hydrogen-bond donors (Lipinski definition) is 2. The molecule has 3 rings (SSSR count). The van der Waals surface area contributed by atoms with Crippen molar-refractivity contribution in [2.45, 2.75) is 0 Å². The number of benzene rings is 2. The lowest BCUT2D eigenvalue weighted by atomic mass is 10.2. The number of carbonyl (C=O) groups excluding carboxylic acids is 2. The maximum Gasteiger partial charge on any atom is 0.331 e. The Bertz CT molecular complexity index is 963. The van der Waals surface area contributed by atoms with Gasteiger partial charge in [-0.3, -0.25) is 14.8 Å². The van der Waals surface area contributed by atoms with Crippen LogP contribution in [0.15, 0.2) is 36.4 Å². The SMILES string of the molecule is COc1cc(C(=O)SNC(=O)Nc2nc3ccccc3s2)cc(OC)c1OC. The van der Waals surface area contributed by atoms with Crippen LogP contribution in [0.4, 0.5) is 9.93 Å². The van der Waals surface area contributed by atoms with Gasteiger partial charge in [-0.1, -0.05) is 23.5 Å². The van der Waals surface area contributed by atoms with Crippen LogP contribution in [0.1, 0.15) is 10.4 Å². The van der Waals surface area contributed by atoms with E-state index in [1.807, 2.05) is 24.3 Å². The summed E-state index contributed by atoms with van der Waals surface area (Å²) in [4.78, 5) is 28.8. The fraction of sp³-hybridized carbons (Fsp3) is 0.167. The molecule has 0 saturated carbocycles. The van der Waals surface area contributed by atoms with Crippen molar-refractivity contribution in [1.82, 2.24) is 9.71 Å². The summed E-state index contributed by atoms with van der Waals surface area (Å²) in [5.74, 6) is 1.09. The Morgan fingerprint density at radius 1 is 1.04 bits per heavy atom. The van der Waals surface area contributed by atoms with Crippen LogP contribution in [0.25, 0.3) is 10.2 Å². The van der Waals surface area contributed by atoms with Crippen LogP contribution < -0.4 is 24.2 Å². The minimum absolute atomic E-state index is 0.291. The van der Waals surface area contributed by atoms with E-state index in [4.69, 9.17) is 14.2 Å². The lowest BCUT2D eigenvalue weighted by molar-refractivity contribution is 0.108. The minimum atomic E-state index is -0.551. The van der Waals surface area contributed by atoms with Crippen molar-refractivity contribution in [1.29, 1.82) is 0 Å². The van der Waals surface area contributed by atoms with Gasteiger partial charge >= 0.3 is 6.03 Å². The lowest BCUT2D eigenvalue weighted by Crippen LogP contribution is -2.24. The fourth-order valence-electron chi connectivity index (χ4n) is 2.40. The van der Waals surface area contributed by atoms with Crippen LogP contribution >= 0.6 is 23.3 Å². The molecule has 146 valence electrons. The smallest absolute Gasteiger partial charge is 0.331 e. The number of carbonyl (C=O) groups is 2. The second kappa shape index (κ2) is 8.81. The van der Waals surface area contributed by atoms with E-state index in [9.17, 15) is 9.59 Å². The predicted molar refractivity (Wildman–Crippen MR) is 110 cm³/mol. The van der Waals surface area contributed by atoms with Crippen LogP contribution in [-0.2, 0) is 0 Å². The average Bonchev–Trinajstić information content (AvgIpc) is 3.12. The Morgan fingerprint density at radius 2 is 1.71 bits per heavy atom. The molecule has 0 saturated heterocycles. The molecule has 1 aromatic heterocycles. The van der Waals surface area contributed by atoms with Gasteiger partial charge in [0.15, 0.2) is 16.6 Å². The van der Waals surface area contributed by atoms with Crippen LogP contribution in [0, 0.1) is 0 Å². The topological polar surface area (TPSA) is 98.8 Å². The van der Waals surface area contributed by atoms with Crippen molar-refractivity contribution in [3.05, 3.63) is 42.0 Å². The number of nitrogens with one attached hydrogen (secondary N) is 2. The summed E-state index contributed by atoms with van der Waals surface area (Å²) in [6, 6.07) is 10.0. The summed E-state index contributed by atoms with van der Waals surface area (Å²) in [6.07, 6.45) is 0. The highest BCUT2D eigenvalue weighted by molar-refractivity contribution is 8.12. The molecule has 0 atom stereocenters. The Hall–Kier alpha value is -2.98. The number of amides is 2. The highest BCUT2D eigenvalue weighted by Crippen LogP contribution is 2.38. The first kappa shape index (κ1) is 19.8. The number of nitrogens with zero attached hydrogens (tertiary/aromatic N) is 1. The van der Waals surface area contributed by atoms with Crippen molar-refractivity contribution in [3.63, 3.8) is 0 Å². The summed E-state index contributed by atoms with van der Waals surface area (Å²) >= 11 is 1.99. The molecule has 28 heavy (non-hydrogen) atoms. The number of methoxy groups -OCH3 is 3. The number of ether oxygens (including phenoxy) is 3. The number of rotatable bonds is 5. The number of anilines is 1. The number of para-hydroxylation sites is 1. The third-order valence-electron chi connectivity index (χ3n) is 3.65. The van der Waals surface area contributed by atoms with Gasteiger partial charge in [0.2, 0.25) is 10.9 Å². The highest BCUT2D eigenvalue weighted by atomic mass is 32.2. The van der Waals surface area contributed by atoms with E-state index in [-0.39, 0.29) is 0 Å². The molecule has 0 radical (unpaired) electrons. The number of aromatic nitrogens is 1. The quantitative estimate of drug-likeness (QED) is 0.605. The highest BCUT2D eigenvalue weighted by Gasteiger charge is 2.18. The normalized spacial score (nSPS) is 10.4. The Balaban J connectivity index is 1.65. The number of thiazole rings is 1. The average molecular weight is 419 g/mol. The summed E-state index contributed by atoms with van der Waals surface area (Å²) in [7, 11) is 4.40. The van der Waals surface area contributed by atoms with E-state index in [1.54, 1.807) is 0 Å². The standard InChI is InChI=1S/C18H17N3O5S2/c1-24-12-8-10(9-13(25-2)15(12)26-3)16(22)28-21-17(23)20-18-19-11-6-4-5-7-14(11)27-18/h4-9H,1-3H3,(H2,19,20,21,23). The van der Waals surface area contributed by atoms with Crippen LogP contribution in [0.5, 0.6) is 17.2 Å². The van der Waals surface area contributed by atoms with Crippen LogP contribution in [0.2, 0.25) is 0 Å². The molecular weight excluding hydrogens is 402 g/mol. The van der Waals surface area contributed by atoms with Gasteiger partial charge in [0.25, 0.3) is 0 Å². The van der Waals surface area contributed by atoms with E-state index < -0.39 is 11.1 Å². The van der Waals surface area contributed by atoms with Crippen molar-refractivity contribution in [2.75, 3.05) is 26.6 Å². The molecule has 2 N–H and O–H groups in total. The maximum atomic E-state index is 12.4. The molecule has 0 aliphatic rings. The van der Waals surface area contributed by atoms with Gasteiger partial charge in [0.1, 0.15) is 0 Å². The number of fused-ring (bicyclic) bond motifs is 1. The van der Waals surface area contributed by atoms with E-state index >= 15 is 0 Å². The second-order valence-electron chi connectivity index (χ2n) is 5.35. The van der Waals surface area contributed by atoms with Crippen molar-refractivity contribution in [2.24, 2.45) is 0 Å². The first-order chi connectivity index (χ1) is 13.5. The molecule has 0 fully saturated rings. The molecule has 1 heterocycles. The fourth-order valence-corrected chi connectivity index (χ4v) is 3.73. The molecule has 8 nitrogen and oxygen atoms in total. The molecule has 2 amide bonds. The predicted octanol–water partition coefficient (Wildman–Crippen LogP) is 3.93. The molecule has 3 aromatic rings. The third-order valence-corrected chi connectivity index (χ3v) is 5.31. The minimum Gasteiger partial charge on any atom is -0.493 e. The molecule has 0 spiro atoms. The largest absolute Gasteiger partial charge is 0.493 e. The van der Waals surface area contributed by atoms with Crippen molar-refractivity contribution < 1.29 is 23.8 Å². The first-order valence-electron chi connectivity index (χ1n) is 7.99. The summed E-state index contributed by atoms with van der Waals surface area (Å²) in [5, 5.41) is 2.67. The summed E-state index contributed by atoms with van der Waals surface area (Å²) in [5.41, 5.74) is 1.09. The lowest BCUT2D eigenvalue weighted by Gasteiger charge is -2.13. The van der Waals surface area contributed by atoms with Gasteiger partial charge in [-0.2, -0.15) is 0 Å². The van der Waals surface area contributed by atoms with Crippen LogP contribution in [0.3, 0.4) is 0 Å². The van der Waals surface area contributed by atoms with Crippen molar-refractivity contribution >= 4 is 49.8 Å². The van der Waals surface area contributed by atoms with E-state index in [0.29, 0.717) is 39.9 Å². The van der Waals surface area contributed by atoms with E-state index in [1.165, 1.54) is 44.8 Å². The van der Waals surface area contributed by atoms with E-state index in [0.717, 1.165) is 10.2 Å². The Kier molecular flexibility index (Phi) is 6.22. The van der Waals surface area contributed by atoms with Crippen LogP contribution in [-0.4, -0.2) is 37.5 Å². The molecule has 0 unspecified atom stereocenters. The summed E-state index contributed by atoms with van der Waals surface area (Å²) in [6.45, 7) is 0. The maximum absolute atomic E-state index is 12.4. The molecule has 10 heteroatoms. The third kappa shape index (κ3) is 4.29.